The summed E-state index contributed by atoms with van der Waals surface area (Å²) in [4.78, 5) is 7.20. The number of aromatic nitrogens is 1. The predicted octanol–water partition coefficient (Wildman–Crippen LogP) is 2.12. The van der Waals surface area contributed by atoms with Crippen molar-refractivity contribution in [2.45, 2.75) is 13.0 Å². The molecule has 0 bridgehead atoms. The maximum Gasteiger partial charge on any atom is 0.0708 e. The second kappa shape index (κ2) is 4.67. The molecule has 1 unspecified atom stereocenters. The minimum absolute atomic E-state index is 0.392. The van der Waals surface area contributed by atoms with Crippen LogP contribution in [0.15, 0.2) is 30.3 Å². The van der Waals surface area contributed by atoms with E-state index in [1.807, 2.05) is 0 Å². The zero-order chi connectivity index (χ0) is 12.5. The molecule has 0 amide bonds. The van der Waals surface area contributed by atoms with Crippen molar-refractivity contribution in [1.29, 1.82) is 0 Å². The van der Waals surface area contributed by atoms with Crippen LogP contribution in [0, 0.1) is 6.92 Å². The Morgan fingerprint density at radius 2 is 2.11 bits per heavy atom. The molecule has 1 atom stereocenters. The molecule has 1 fully saturated rings. The number of fused-ring (bicyclic) bond motifs is 1. The molecule has 94 valence electrons. The van der Waals surface area contributed by atoms with Crippen molar-refractivity contribution in [2.24, 2.45) is 0 Å². The van der Waals surface area contributed by atoms with Crippen LogP contribution in [0.1, 0.15) is 17.3 Å². The smallest absolute Gasteiger partial charge is 0.0708 e. The van der Waals surface area contributed by atoms with Crippen LogP contribution in [0.25, 0.3) is 10.9 Å². The van der Waals surface area contributed by atoms with Crippen molar-refractivity contribution in [3.63, 3.8) is 0 Å². The number of nitrogens with zero attached hydrogens (tertiary/aromatic N) is 2. The lowest BCUT2D eigenvalue weighted by Crippen LogP contribution is -2.44. The number of piperazine rings is 1. The van der Waals surface area contributed by atoms with Crippen LogP contribution in [0.5, 0.6) is 0 Å². The van der Waals surface area contributed by atoms with E-state index >= 15 is 0 Å². The number of hydrogen-bond donors (Lipinski definition) is 1. The van der Waals surface area contributed by atoms with Gasteiger partial charge in [0.1, 0.15) is 0 Å². The lowest BCUT2D eigenvalue weighted by molar-refractivity contribution is 0.199. The number of benzene rings is 1. The van der Waals surface area contributed by atoms with Crippen molar-refractivity contribution < 1.29 is 0 Å². The Morgan fingerprint density at radius 3 is 2.94 bits per heavy atom. The molecule has 1 N–H and O–H groups in total. The highest BCUT2D eigenvalue weighted by Crippen LogP contribution is 2.22. The summed E-state index contributed by atoms with van der Waals surface area (Å²) in [5.74, 6) is 0. The maximum atomic E-state index is 4.83. The molecule has 3 nitrogen and oxygen atoms in total. The van der Waals surface area contributed by atoms with Gasteiger partial charge in [-0.3, -0.25) is 9.88 Å². The molecule has 1 aliphatic heterocycles. The topological polar surface area (TPSA) is 28.2 Å². The number of rotatable bonds is 1. The minimum atomic E-state index is 0.392. The van der Waals surface area contributed by atoms with Crippen LogP contribution in [0.2, 0.25) is 0 Å². The highest BCUT2D eigenvalue weighted by Gasteiger charge is 2.21. The fraction of sp³-hybridized carbons (Fsp3) is 0.400. The predicted molar refractivity (Wildman–Crippen MR) is 74.7 cm³/mol. The maximum absolute atomic E-state index is 4.83. The molecule has 1 aromatic carbocycles. The average molecular weight is 241 g/mol. The number of nitrogens with one attached hydrogen (secondary N) is 1. The van der Waals surface area contributed by atoms with E-state index in [-0.39, 0.29) is 0 Å². The first-order valence-corrected chi connectivity index (χ1v) is 6.52. The first-order chi connectivity index (χ1) is 8.74. The third kappa shape index (κ3) is 2.11. The highest BCUT2D eigenvalue weighted by atomic mass is 15.2. The molecule has 0 aliphatic carbocycles. The van der Waals surface area contributed by atoms with Gasteiger partial charge in [0.15, 0.2) is 0 Å². The van der Waals surface area contributed by atoms with Gasteiger partial charge in [-0.15, -0.1) is 0 Å². The standard InChI is InChI=1S/C15H19N3/c1-11-3-4-12-5-6-13(17-14(12)9-11)15-10-16-7-8-18(15)2/h3-6,9,15-16H,7-8,10H2,1-2H3. The molecule has 1 aromatic heterocycles. The Labute approximate surface area is 108 Å². The second-order valence-electron chi connectivity index (χ2n) is 5.13. The van der Waals surface area contributed by atoms with Crippen molar-refractivity contribution in [3.8, 4) is 0 Å². The second-order valence-corrected chi connectivity index (χ2v) is 5.13. The van der Waals surface area contributed by atoms with Crippen LogP contribution >= 0.6 is 0 Å². The summed E-state index contributed by atoms with van der Waals surface area (Å²) >= 11 is 0. The van der Waals surface area contributed by atoms with Gasteiger partial charge in [-0.1, -0.05) is 18.2 Å². The third-order valence-corrected chi connectivity index (χ3v) is 3.72. The molecule has 0 spiro atoms. The lowest BCUT2D eigenvalue weighted by atomic mass is 10.1. The number of hydrogen-bond acceptors (Lipinski definition) is 3. The fourth-order valence-corrected chi connectivity index (χ4v) is 2.56. The normalized spacial score (nSPS) is 21.3. The van der Waals surface area contributed by atoms with Gasteiger partial charge < -0.3 is 5.32 Å². The molecule has 3 rings (SSSR count). The Balaban J connectivity index is 2.01. The SMILES string of the molecule is Cc1ccc2ccc(C3CNCCN3C)nc2c1. The zero-order valence-electron chi connectivity index (χ0n) is 11.0. The highest BCUT2D eigenvalue weighted by molar-refractivity contribution is 5.79. The van der Waals surface area contributed by atoms with Crippen LogP contribution in [-0.4, -0.2) is 36.6 Å². The first-order valence-electron chi connectivity index (χ1n) is 6.52. The Kier molecular flexibility index (Phi) is 3.02. The van der Waals surface area contributed by atoms with Crippen molar-refractivity contribution in [1.82, 2.24) is 15.2 Å². The van der Waals surface area contributed by atoms with E-state index in [1.165, 1.54) is 16.6 Å². The monoisotopic (exact) mass is 241 g/mol. The summed E-state index contributed by atoms with van der Waals surface area (Å²) in [5, 5.41) is 4.66. The van der Waals surface area contributed by atoms with Gasteiger partial charge in [0.25, 0.3) is 0 Å². The Morgan fingerprint density at radius 1 is 1.28 bits per heavy atom. The Bertz CT molecular complexity index is 565. The van der Waals surface area contributed by atoms with Crippen LogP contribution < -0.4 is 5.32 Å². The van der Waals surface area contributed by atoms with Crippen molar-refractivity contribution >= 4 is 10.9 Å². The molecular weight excluding hydrogens is 222 g/mol. The number of aryl methyl sites for hydroxylation is 1. The van der Waals surface area contributed by atoms with Gasteiger partial charge >= 0.3 is 0 Å². The molecule has 0 radical (unpaired) electrons. The van der Waals surface area contributed by atoms with E-state index in [0.717, 1.165) is 25.2 Å². The molecule has 1 saturated heterocycles. The van der Waals surface area contributed by atoms with Gasteiger partial charge in [-0.25, -0.2) is 0 Å². The molecule has 3 heteroatoms. The number of likely N-dealkylation sites (N-methyl/N-ethyl adjacent to an activating group) is 1. The van der Waals surface area contributed by atoms with Gasteiger partial charge in [-0.2, -0.15) is 0 Å². The van der Waals surface area contributed by atoms with Crippen molar-refractivity contribution in [2.75, 3.05) is 26.7 Å². The Hall–Kier alpha value is -1.45. The van der Waals surface area contributed by atoms with Gasteiger partial charge in [0, 0.05) is 25.0 Å². The number of pyridine rings is 1. The van der Waals surface area contributed by atoms with E-state index in [4.69, 9.17) is 4.98 Å². The quantitative estimate of drug-likeness (QED) is 0.829. The minimum Gasteiger partial charge on any atom is -0.313 e. The summed E-state index contributed by atoms with van der Waals surface area (Å²) in [5.41, 5.74) is 3.54. The van der Waals surface area contributed by atoms with Crippen molar-refractivity contribution in [3.05, 3.63) is 41.6 Å². The summed E-state index contributed by atoms with van der Waals surface area (Å²) < 4.78 is 0. The van der Waals surface area contributed by atoms with Crippen LogP contribution in [0.3, 0.4) is 0 Å². The first kappa shape index (κ1) is 11.6. The largest absolute Gasteiger partial charge is 0.313 e. The zero-order valence-corrected chi connectivity index (χ0v) is 11.0. The van der Waals surface area contributed by atoms with E-state index in [2.05, 4.69) is 54.5 Å². The van der Waals surface area contributed by atoms with Crippen LogP contribution in [-0.2, 0) is 0 Å². The summed E-state index contributed by atoms with van der Waals surface area (Å²) in [6, 6.07) is 11.2. The van der Waals surface area contributed by atoms with E-state index in [9.17, 15) is 0 Å². The molecule has 18 heavy (non-hydrogen) atoms. The van der Waals surface area contributed by atoms with Gasteiger partial charge in [0.05, 0.1) is 17.3 Å². The average Bonchev–Trinajstić information content (AvgIpc) is 2.38. The molecular formula is C15H19N3. The summed E-state index contributed by atoms with van der Waals surface area (Å²) in [7, 11) is 2.17. The summed E-state index contributed by atoms with van der Waals surface area (Å²) in [6.07, 6.45) is 0. The molecule has 0 saturated carbocycles. The molecule has 2 heterocycles. The lowest BCUT2D eigenvalue weighted by Gasteiger charge is -2.32. The molecule has 1 aliphatic rings. The van der Waals surface area contributed by atoms with Crippen LogP contribution in [0.4, 0.5) is 0 Å². The van der Waals surface area contributed by atoms with E-state index < -0.39 is 0 Å². The van der Waals surface area contributed by atoms with E-state index in [0.29, 0.717) is 6.04 Å². The van der Waals surface area contributed by atoms with E-state index in [1.54, 1.807) is 0 Å². The third-order valence-electron chi connectivity index (χ3n) is 3.72. The summed E-state index contributed by atoms with van der Waals surface area (Å²) in [6.45, 7) is 5.25. The van der Waals surface area contributed by atoms with Gasteiger partial charge in [0.2, 0.25) is 0 Å². The molecule has 2 aromatic rings. The fourth-order valence-electron chi connectivity index (χ4n) is 2.56. The van der Waals surface area contributed by atoms with Gasteiger partial charge in [-0.05, 0) is 31.7 Å².